The van der Waals surface area contributed by atoms with Gasteiger partial charge in [-0.1, -0.05) is 34.1 Å². The Morgan fingerprint density at radius 1 is 1.33 bits per heavy atom. The van der Waals surface area contributed by atoms with Gasteiger partial charge < -0.3 is 20.1 Å². The molecule has 1 saturated heterocycles. The number of carbonyl (C=O) groups is 2. The fraction of sp³-hybridized carbons (Fsp3) is 0.529. The third kappa shape index (κ3) is 4.95. The maximum Gasteiger partial charge on any atom is 0.410 e. The highest BCUT2D eigenvalue weighted by Crippen LogP contribution is 2.21. The van der Waals surface area contributed by atoms with Crippen molar-refractivity contribution in [1.29, 1.82) is 0 Å². The highest BCUT2D eigenvalue weighted by atomic mass is 79.9. The molecule has 0 aliphatic carbocycles. The molecule has 1 fully saturated rings. The molecule has 2 atom stereocenters. The van der Waals surface area contributed by atoms with Crippen LogP contribution < -0.4 is 5.32 Å². The van der Waals surface area contributed by atoms with Crippen LogP contribution in [0.15, 0.2) is 28.7 Å². The van der Waals surface area contributed by atoms with Crippen molar-refractivity contribution in [2.45, 2.75) is 39.0 Å². The van der Waals surface area contributed by atoms with Crippen molar-refractivity contribution in [1.82, 2.24) is 10.2 Å². The minimum absolute atomic E-state index is 0.0992. The number of carbonyl (C=O) groups excluding carboxylic acids is 2. The normalized spacial score (nSPS) is 20.8. The van der Waals surface area contributed by atoms with Crippen molar-refractivity contribution in [2.75, 3.05) is 13.1 Å². The van der Waals surface area contributed by atoms with E-state index in [1.807, 2.05) is 24.3 Å². The first-order valence-electron chi connectivity index (χ1n) is 7.84. The van der Waals surface area contributed by atoms with Gasteiger partial charge in [-0.15, -0.1) is 0 Å². The van der Waals surface area contributed by atoms with Gasteiger partial charge in [0.15, 0.2) is 0 Å². The summed E-state index contributed by atoms with van der Waals surface area (Å²) < 4.78 is 6.19. The van der Waals surface area contributed by atoms with Crippen molar-refractivity contribution < 1.29 is 19.4 Å². The Morgan fingerprint density at radius 3 is 2.62 bits per heavy atom. The number of aliphatic hydroxyl groups excluding tert-OH is 1. The summed E-state index contributed by atoms with van der Waals surface area (Å²) in [5, 5.41) is 12.9. The van der Waals surface area contributed by atoms with E-state index in [-0.39, 0.29) is 19.0 Å². The number of ether oxygens (including phenoxy) is 1. The van der Waals surface area contributed by atoms with Gasteiger partial charge in [-0.05, 0) is 32.4 Å². The molecule has 1 aliphatic rings. The SMILES string of the molecule is CC(C)(C)OC(=O)N1C[C@H](C(=O)NCc2ccccc2Br)[C@@H](O)C1. The first-order chi connectivity index (χ1) is 11.2. The van der Waals surface area contributed by atoms with E-state index in [4.69, 9.17) is 4.74 Å². The van der Waals surface area contributed by atoms with Gasteiger partial charge in [0, 0.05) is 17.6 Å². The lowest BCUT2D eigenvalue weighted by Crippen LogP contribution is -2.38. The number of rotatable bonds is 3. The number of aliphatic hydroxyl groups is 1. The zero-order valence-corrected chi connectivity index (χ0v) is 15.7. The van der Waals surface area contributed by atoms with Crippen LogP contribution in [0, 0.1) is 5.92 Å². The number of nitrogens with one attached hydrogen (secondary N) is 1. The second-order valence-corrected chi connectivity index (χ2v) is 7.72. The van der Waals surface area contributed by atoms with E-state index in [9.17, 15) is 14.7 Å². The number of hydrogen-bond acceptors (Lipinski definition) is 4. The highest BCUT2D eigenvalue weighted by molar-refractivity contribution is 9.10. The van der Waals surface area contributed by atoms with Crippen molar-refractivity contribution in [3.8, 4) is 0 Å². The van der Waals surface area contributed by atoms with Crippen molar-refractivity contribution in [3.63, 3.8) is 0 Å². The van der Waals surface area contributed by atoms with Gasteiger partial charge in [-0.2, -0.15) is 0 Å². The minimum atomic E-state index is -0.892. The lowest BCUT2D eigenvalue weighted by atomic mass is 10.1. The monoisotopic (exact) mass is 398 g/mol. The summed E-state index contributed by atoms with van der Waals surface area (Å²) in [5.74, 6) is -0.927. The van der Waals surface area contributed by atoms with E-state index in [1.54, 1.807) is 20.8 Å². The molecule has 24 heavy (non-hydrogen) atoms. The van der Waals surface area contributed by atoms with Gasteiger partial charge in [-0.3, -0.25) is 4.79 Å². The molecule has 0 spiro atoms. The van der Waals surface area contributed by atoms with E-state index < -0.39 is 23.7 Å². The smallest absolute Gasteiger partial charge is 0.410 e. The van der Waals surface area contributed by atoms with Crippen molar-refractivity contribution >= 4 is 27.9 Å². The van der Waals surface area contributed by atoms with Crippen LogP contribution in [0.1, 0.15) is 26.3 Å². The largest absolute Gasteiger partial charge is 0.444 e. The maximum absolute atomic E-state index is 12.3. The fourth-order valence-corrected chi connectivity index (χ4v) is 2.90. The topological polar surface area (TPSA) is 78.9 Å². The predicted octanol–water partition coefficient (Wildman–Crippen LogP) is 2.29. The Labute approximate surface area is 150 Å². The van der Waals surface area contributed by atoms with Gasteiger partial charge in [-0.25, -0.2) is 4.79 Å². The van der Waals surface area contributed by atoms with Gasteiger partial charge in [0.25, 0.3) is 0 Å². The molecule has 0 radical (unpaired) electrons. The molecule has 0 saturated carbocycles. The van der Waals surface area contributed by atoms with E-state index in [1.165, 1.54) is 4.90 Å². The molecule has 0 bridgehead atoms. The van der Waals surface area contributed by atoms with Crippen molar-refractivity contribution in [2.24, 2.45) is 5.92 Å². The molecule has 0 unspecified atom stereocenters. The summed E-state index contributed by atoms with van der Waals surface area (Å²) >= 11 is 3.43. The molecule has 1 heterocycles. The molecular weight excluding hydrogens is 376 g/mol. The number of hydrogen-bond donors (Lipinski definition) is 2. The summed E-state index contributed by atoms with van der Waals surface area (Å²) in [4.78, 5) is 25.8. The van der Waals surface area contributed by atoms with Crippen LogP contribution in [0.3, 0.4) is 0 Å². The van der Waals surface area contributed by atoms with Crippen LogP contribution in [0.4, 0.5) is 4.79 Å². The summed E-state index contributed by atoms with van der Waals surface area (Å²) in [6.07, 6.45) is -1.40. The lowest BCUT2D eigenvalue weighted by molar-refractivity contribution is -0.127. The minimum Gasteiger partial charge on any atom is -0.444 e. The van der Waals surface area contributed by atoms with E-state index in [0.29, 0.717) is 6.54 Å². The summed E-state index contributed by atoms with van der Waals surface area (Å²) in [6, 6.07) is 7.59. The van der Waals surface area contributed by atoms with Crippen LogP contribution >= 0.6 is 15.9 Å². The lowest BCUT2D eigenvalue weighted by Gasteiger charge is -2.24. The van der Waals surface area contributed by atoms with Crippen LogP contribution in [0.2, 0.25) is 0 Å². The summed E-state index contributed by atoms with van der Waals surface area (Å²) in [6.45, 7) is 5.94. The summed E-state index contributed by atoms with van der Waals surface area (Å²) in [5.41, 5.74) is 0.337. The Morgan fingerprint density at radius 2 is 2.00 bits per heavy atom. The predicted molar refractivity (Wildman–Crippen MR) is 93.3 cm³/mol. The Balaban J connectivity index is 1.91. The number of likely N-dealkylation sites (tertiary alicyclic amines) is 1. The molecule has 0 aromatic heterocycles. The summed E-state index contributed by atoms with van der Waals surface area (Å²) in [7, 11) is 0. The third-order valence-electron chi connectivity index (χ3n) is 3.69. The molecule has 2 N–H and O–H groups in total. The first kappa shape index (κ1) is 18.7. The molecule has 2 amide bonds. The molecule has 7 heteroatoms. The number of benzene rings is 1. The highest BCUT2D eigenvalue weighted by Gasteiger charge is 2.40. The van der Waals surface area contributed by atoms with Crippen molar-refractivity contribution in [3.05, 3.63) is 34.3 Å². The molecule has 6 nitrogen and oxygen atoms in total. The second-order valence-electron chi connectivity index (χ2n) is 6.87. The first-order valence-corrected chi connectivity index (χ1v) is 8.64. The van der Waals surface area contributed by atoms with E-state index >= 15 is 0 Å². The second kappa shape index (κ2) is 7.53. The van der Waals surface area contributed by atoms with E-state index in [2.05, 4.69) is 21.2 Å². The standard InChI is InChI=1S/C17H23BrN2O4/c1-17(2,3)24-16(23)20-9-12(14(21)10-20)15(22)19-8-11-6-4-5-7-13(11)18/h4-7,12,14,21H,8-10H2,1-3H3,(H,19,22)/t12-,14-/m0/s1. The maximum atomic E-state index is 12.3. The van der Waals surface area contributed by atoms with Gasteiger partial charge in [0.2, 0.25) is 5.91 Å². The molecule has 2 rings (SSSR count). The average Bonchev–Trinajstić information content (AvgIpc) is 2.86. The van der Waals surface area contributed by atoms with Gasteiger partial charge in [0.1, 0.15) is 5.60 Å². The molecule has 132 valence electrons. The van der Waals surface area contributed by atoms with Gasteiger partial charge in [0.05, 0.1) is 18.6 Å². The van der Waals surface area contributed by atoms with Crippen LogP contribution in [0.25, 0.3) is 0 Å². The average molecular weight is 399 g/mol. The zero-order chi connectivity index (χ0) is 17.9. The quantitative estimate of drug-likeness (QED) is 0.818. The molecule has 1 aliphatic heterocycles. The Hall–Kier alpha value is -1.60. The van der Waals surface area contributed by atoms with Crippen LogP contribution in [0.5, 0.6) is 0 Å². The third-order valence-corrected chi connectivity index (χ3v) is 4.46. The molecule has 1 aromatic rings. The number of β-amino-alcohol motifs (C(OH)–C–C–N with tert-alkyl or cyclic N) is 1. The number of halogens is 1. The Bertz CT molecular complexity index is 615. The van der Waals surface area contributed by atoms with Gasteiger partial charge >= 0.3 is 6.09 Å². The number of amides is 2. The zero-order valence-electron chi connectivity index (χ0n) is 14.1. The van der Waals surface area contributed by atoms with Crippen LogP contribution in [-0.2, 0) is 16.1 Å². The van der Waals surface area contributed by atoms with Crippen LogP contribution in [-0.4, -0.2) is 46.8 Å². The Kier molecular flexibility index (Phi) is 5.87. The van der Waals surface area contributed by atoms with E-state index in [0.717, 1.165) is 10.0 Å². The fourth-order valence-electron chi connectivity index (χ4n) is 2.48. The molecule has 1 aromatic carbocycles. The molecular formula is C17H23BrN2O4. The number of nitrogens with zero attached hydrogens (tertiary/aromatic N) is 1.